The van der Waals surface area contributed by atoms with Gasteiger partial charge in [-0.15, -0.1) is 0 Å². The first kappa shape index (κ1) is 18.9. The van der Waals surface area contributed by atoms with Crippen LogP contribution in [-0.4, -0.2) is 69.9 Å². The van der Waals surface area contributed by atoms with Crippen LogP contribution in [-0.2, 0) is 0 Å². The van der Waals surface area contributed by atoms with Crippen LogP contribution >= 0.6 is 0 Å². The van der Waals surface area contributed by atoms with Crippen LogP contribution in [0.3, 0.4) is 0 Å². The number of aromatic carboxylic acids is 1. The number of aliphatic hydroxyl groups excluding tert-OH is 1. The number of carboxylic acids is 1. The molecule has 1 aromatic heterocycles. The van der Waals surface area contributed by atoms with Crippen molar-refractivity contribution in [3.8, 4) is 0 Å². The standard InChI is InChI=1S/C19H21FN4O3/c20-16-3-1-2-14(10-16)4-5-17(13-25)23-6-8-24(9-7-23)19-21-11-15(12-22-19)18(26)27/h1-5,10-12,17,25H,6-9,13H2,(H,26,27). The Labute approximate surface area is 156 Å². The number of aromatic nitrogens is 2. The van der Waals surface area contributed by atoms with E-state index in [2.05, 4.69) is 14.9 Å². The summed E-state index contributed by atoms with van der Waals surface area (Å²) < 4.78 is 13.3. The van der Waals surface area contributed by atoms with E-state index in [-0.39, 0.29) is 24.0 Å². The SMILES string of the molecule is O=C(O)c1cnc(N2CCN(C(C=Cc3cccc(F)c3)CO)CC2)nc1. The molecule has 1 saturated heterocycles. The Hall–Kier alpha value is -2.84. The summed E-state index contributed by atoms with van der Waals surface area (Å²) in [5.74, 6) is -0.849. The predicted molar refractivity (Wildman–Crippen MR) is 99.1 cm³/mol. The van der Waals surface area contributed by atoms with Crippen molar-refractivity contribution in [2.24, 2.45) is 0 Å². The average Bonchev–Trinajstić information content (AvgIpc) is 2.69. The fourth-order valence-corrected chi connectivity index (χ4v) is 2.98. The summed E-state index contributed by atoms with van der Waals surface area (Å²) in [5, 5.41) is 18.6. The van der Waals surface area contributed by atoms with Crippen LogP contribution in [0.2, 0.25) is 0 Å². The molecule has 1 aliphatic heterocycles. The van der Waals surface area contributed by atoms with E-state index in [4.69, 9.17) is 5.11 Å². The van der Waals surface area contributed by atoms with Crippen LogP contribution in [0.5, 0.6) is 0 Å². The van der Waals surface area contributed by atoms with Crippen molar-refractivity contribution in [1.29, 1.82) is 0 Å². The highest BCUT2D eigenvalue weighted by Gasteiger charge is 2.23. The second-order valence-electron chi connectivity index (χ2n) is 6.26. The number of piperazine rings is 1. The molecule has 2 aromatic rings. The first-order valence-corrected chi connectivity index (χ1v) is 8.66. The van der Waals surface area contributed by atoms with E-state index >= 15 is 0 Å². The van der Waals surface area contributed by atoms with Crippen LogP contribution < -0.4 is 4.90 Å². The number of hydrogen-bond donors (Lipinski definition) is 2. The molecule has 2 heterocycles. The Kier molecular flexibility index (Phi) is 6.10. The topological polar surface area (TPSA) is 89.8 Å². The monoisotopic (exact) mass is 372 g/mol. The van der Waals surface area contributed by atoms with E-state index in [0.717, 1.165) is 5.56 Å². The number of benzene rings is 1. The van der Waals surface area contributed by atoms with Gasteiger partial charge in [0, 0.05) is 38.6 Å². The molecule has 2 N–H and O–H groups in total. The maximum atomic E-state index is 13.3. The first-order chi connectivity index (χ1) is 13.1. The lowest BCUT2D eigenvalue weighted by Crippen LogP contribution is -2.51. The summed E-state index contributed by atoms with van der Waals surface area (Å²) in [4.78, 5) is 23.2. The van der Waals surface area contributed by atoms with Crippen LogP contribution in [0.1, 0.15) is 15.9 Å². The van der Waals surface area contributed by atoms with Gasteiger partial charge in [-0.25, -0.2) is 19.2 Å². The summed E-state index contributed by atoms with van der Waals surface area (Å²) in [6, 6.07) is 6.14. The minimum absolute atomic E-state index is 0.0321. The van der Waals surface area contributed by atoms with Gasteiger partial charge in [-0.1, -0.05) is 24.3 Å². The van der Waals surface area contributed by atoms with E-state index in [1.165, 1.54) is 24.5 Å². The zero-order valence-electron chi connectivity index (χ0n) is 14.7. The second kappa shape index (κ2) is 8.70. The largest absolute Gasteiger partial charge is 0.478 e. The second-order valence-corrected chi connectivity index (χ2v) is 6.26. The zero-order valence-corrected chi connectivity index (χ0v) is 14.7. The summed E-state index contributed by atoms with van der Waals surface area (Å²) in [6.07, 6.45) is 6.29. The third kappa shape index (κ3) is 4.87. The van der Waals surface area contributed by atoms with Crippen molar-refractivity contribution in [2.75, 3.05) is 37.7 Å². The summed E-state index contributed by atoms with van der Waals surface area (Å²) in [7, 11) is 0. The van der Waals surface area contributed by atoms with E-state index in [1.54, 1.807) is 6.07 Å². The Balaban J connectivity index is 1.59. The Morgan fingerprint density at radius 3 is 2.52 bits per heavy atom. The molecular weight excluding hydrogens is 351 g/mol. The fraction of sp³-hybridized carbons (Fsp3) is 0.316. The number of anilines is 1. The highest BCUT2D eigenvalue weighted by Crippen LogP contribution is 2.14. The molecule has 1 fully saturated rings. The quantitative estimate of drug-likeness (QED) is 0.794. The van der Waals surface area contributed by atoms with Crippen molar-refractivity contribution in [1.82, 2.24) is 14.9 Å². The number of halogens is 1. The van der Waals surface area contributed by atoms with E-state index in [1.807, 2.05) is 23.1 Å². The van der Waals surface area contributed by atoms with Gasteiger partial charge in [0.15, 0.2) is 0 Å². The van der Waals surface area contributed by atoms with Crippen molar-refractivity contribution in [2.45, 2.75) is 6.04 Å². The molecule has 1 aromatic carbocycles. The van der Waals surface area contributed by atoms with E-state index in [9.17, 15) is 14.3 Å². The van der Waals surface area contributed by atoms with Crippen LogP contribution in [0, 0.1) is 5.82 Å². The van der Waals surface area contributed by atoms with E-state index in [0.29, 0.717) is 32.1 Å². The molecule has 142 valence electrons. The number of carbonyl (C=O) groups is 1. The minimum atomic E-state index is -1.05. The Morgan fingerprint density at radius 1 is 1.22 bits per heavy atom. The summed E-state index contributed by atoms with van der Waals surface area (Å²) in [5.41, 5.74) is 0.805. The van der Waals surface area contributed by atoms with Gasteiger partial charge in [0.2, 0.25) is 5.95 Å². The first-order valence-electron chi connectivity index (χ1n) is 8.66. The Bertz CT molecular complexity index is 805. The summed E-state index contributed by atoms with van der Waals surface area (Å²) >= 11 is 0. The number of carboxylic acid groups (broad SMARTS) is 1. The van der Waals surface area contributed by atoms with Crippen LogP contribution in [0.15, 0.2) is 42.7 Å². The lowest BCUT2D eigenvalue weighted by Gasteiger charge is -2.37. The molecule has 3 rings (SSSR count). The van der Waals surface area contributed by atoms with Crippen molar-refractivity contribution in [3.63, 3.8) is 0 Å². The molecule has 27 heavy (non-hydrogen) atoms. The Morgan fingerprint density at radius 2 is 1.93 bits per heavy atom. The average molecular weight is 372 g/mol. The zero-order chi connectivity index (χ0) is 19.2. The fourth-order valence-electron chi connectivity index (χ4n) is 2.98. The number of rotatable bonds is 6. The molecule has 0 radical (unpaired) electrons. The van der Waals surface area contributed by atoms with Gasteiger partial charge in [-0.2, -0.15) is 0 Å². The third-order valence-electron chi connectivity index (χ3n) is 4.50. The van der Waals surface area contributed by atoms with Gasteiger partial charge in [0.1, 0.15) is 5.82 Å². The van der Waals surface area contributed by atoms with E-state index < -0.39 is 5.97 Å². The van der Waals surface area contributed by atoms with Crippen LogP contribution in [0.4, 0.5) is 10.3 Å². The number of aliphatic hydroxyl groups is 1. The molecule has 1 atom stereocenters. The molecular formula is C19H21FN4O3. The highest BCUT2D eigenvalue weighted by molar-refractivity contribution is 5.86. The molecule has 1 unspecified atom stereocenters. The van der Waals surface area contributed by atoms with Crippen molar-refractivity contribution in [3.05, 3.63) is 59.7 Å². The van der Waals surface area contributed by atoms with Crippen LogP contribution in [0.25, 0.3) is 6.08 Å². The molecule has 8 heteroatoms. The maximum Gasteiger partial charge on any atom is 0.338 e. The van der Waals surface area contributed by atoms with Gasteiger partial charge in [0.05, 0.1) is 18.2 Å². The normalized spacial score (nSPS) is 16.6. The smallest absolute Gasteiger partial charge is 0.338 e. The molecule has 0 saturated carbocycles. The molecule has 0 bridgehead atoms. The molecule has 1 aliphatic rings. The maximum absolute atomic E-state index is 13.3. The predicted octanol–water partition coefficient (Wildman–Crippen LogP) is 1.51. The van der Waals surface area contributed by atoms with Crippen molar-refractivity contribution < 1.29 is 19.4 Å². The van der Waals surface area contributed by atoms with Gasteiger partial charge in [-0.3, -0.25) is 4.90 Å². The van der Waals surface area contributed by atoms with Gasteiger partial charge >= 0.3 is 5.97 Å². The summed E-state index contributed by atoms with van der Waals surface area (Å²) in [6.45, 7) is 2.69. The lowest BCUT2D eigenvalue weighted by atomic mass is 10.1. The van der Waals surface area contributed by atoms with Crippen molar-refractivity contribution >= 4 is 18.0 Å². The number of hydrogen-bond acceptors (Lipinski definition) is 6. The molecule has 7 nitrogen and oxygen atoms in total. The number of nitrogens with zero attached hydrogens (tertiary/aromatic N) is 4. The third-order valence-corrected chi connectivity index (χ3v) is 4.50. The highest BCUT2D eigenvalue weighted by atomic mass is 19.1. The molecule has 0 aliphatic carbocycles. The van der Waals surface area contributed by atoms with Gasteiger partial charge < -0.3 is 15.1 Å². The van der Waals surface area contributed by atoms with Gasteiger partial charge in [-0.05, 0) is 17.7 Å². The lowest BCUT2D eigenvalue weighted by molar-refractivity contribution is 0.0696. The molecule has 0 amide bonds. The molecule has 0 spiro atoms. The van der Waals surface area contributed by atoms with Gasteiger partial charge in [0.25, 0.3) is 0 Å². The minimum Gasteiger partial charge on any atom is -0.478 e.